The van der Waals surface area contributed by atoms with Gasteiger partial charge >= 0.3 is 5.97 Å². The van der Waals surface area contributed by atoms with Gasteiger partial charge in [0.25, 0.3) is 0 Å². The molecule has 0 spiro atoms. The summed E-state index contributed by atoms with van der Waals surface area (Å²) in [6.07, 6.45) is 1.57. The van der Waals surface area contributed by atoms with Gasteiger partial charge in [0, 0.05) is 5.69 Å². The van der Waals surface area contributed by atoms with E-state index in [2.05, 4.69) is 14.9 Å². The predicted octanol–water partition coefficient (Wildman–Crippen LogP) is 3.24. The lowest BCUT2D eigenvalue weighted by molar-refractivity contribution is -0.137. The second-order valence-electron chi connectivity index (χ2n) is 4.87. The highest BCUT2D eigenvalue weighted by atomic mass is 32.2. The summed E-state index contributed by atoms with van der Waals surface area (Å²) in [5.41, 5.74) is 1.46. The molecule has 0 atom stereocenters. The number of thioether (sulfide) groups is 1. The van der Waals surface area contributed by atoms with Crippen LogP contribution in [-0.2, 0) is 9.53 Å². The Balaban J connectivity index is 2.07. The molecule has 8 heteroatoms. The van der Waals surface area contributed by atoms with Crippen molar-refractivity contribution in [3.8, 4) is 17.1 Å². The molecule has 0 bridgehead atoms. The fourth-order valence-electron chi connectivity index (χ4n) is 2.16. The fourth-order valence-corrected chi connectivity index (χ4v) is 2.94. The van der Waals surface area contributed by atoms with Crippen molar-refractivity contribution in [1.82, 2.24) is 14.8 Å². The Labute approximate surface area is 141 Å². The molecule has 2 aromatic heterocycles. The molecular formula is C16H14FN3O3S. The van der Waals surface area contributed by atoms with E-state index in [1.807, 2.05) is 6.92 Å². The molecule has 3 aromatic rings. The van der Waals surface area contributed by atoms with E-state index in [4.69, 9.17) is 4.42 Å². The van der Waals surface area contributed by atoms with Crippen LogP contribution in [0.3, 0.4) is 0 Å². The molecule has 6 nitrogen and oxygen atoms in total. The minimum absolute atomic E-state index is 0.0974. The van der Waals surface area contributed by atoms with Crippen molar-refractivity contribution in [1.29, 1.82) is 0 Å². The van der Waals surface area contributed by atoms with Crippen LogP contribution in [0, 0.1) is 12.7 Å². The lowest BCUT2D eigenvalue weighted by Crippen LogP contribution is -2.05. The van der Waals surface area contributed by atoms with Gasteiger partial charge in [-0.25, -0.2) is 4.39 Å². The van der Waals surface area contributed by atoms with Gasteiger partial charge in [0.1, 0.15) is 11.6 Å². The van der Waals surface area contributed by atoms with E-state index in [0.29, 0.717) is 22.4 Å². The molecule has 24 heavy (non-hydrogen) atoms. The standard InChI is InChI=1S/C16H14FN3O3S/c1-10-13(7-8-23-10)15-18-19-16(24-9-14(21)22-2)20(15)12-5-3-11(17)4-6-12/h3-8H,9H2,1-2H3. The third-order valence-corrected chi connectivity index (χ3v) is 4.27. The molecule has 2 heterocycles. The largest absolute Gasteiger partial charge is 0.469 e. The molecular weight excluding hydrogens is 333 g/mol. The van der Waals surface area contributed by atoms with Gasteiger partial charge < -0.3 is 9.15 Å². The van der Waals surface area contributed by atoms with Crippen LogP contribution in [0.25, 0.3) is 17.1 Å². The molecule has 0 unspecified atom stereocenters. The Morgan fingerprint density at radius 3 is 2.67 bits per heavy atom. The maximum atomic E-state index is 13.2. The molecule has 0 aliphatic heterocycles. The highest BCUT2D eigenvalue weighted by molar-refractivity contribution is 7.99. The van der Waals surface area contributed by atoms with Gasteiger partial charge in [-0.2, -0.15) is 0 Å². The summed E-state index contributed by atoms with van der Waals surface area (Å²) in [7, 11) is 1.33. The number of halogens is 1. The third-order valence-electron chi connectivity index (χ3n) is 3.36. The summed E-state index contributed by atoms with van der Waals surface area (Å²) in [5.74, 6) is 0.641. The number of furan rings is 1. The van der Waals surface area contributed by atoms with E-state index in [1.54, 1.807) is 29.0 Å². The number of benzene rings is 1. The Kier molecular flexibility index (Phi) is 4.66. The lowest BCUT2D eigenvalue weighted by atomic mass is 10.2. The number of ether oxygens (including phenoxy) is 1. The second kappa shape index (κ2) is 6.88. The first kappa shape index (κ1) is 16.3. The smallest absolute Gasteiger partial charge is 0.316 e. The van der Waals surface area contributed by atoms with Crippen LogP contribution in [0.4, 0.5) is 4.39 Å². The highest BCUT2D eigenvalue weighted by Gasteiger charge is 2.19. The van der Waals surface area contributed by atoms with Crippen LogP contribution in [-0.4, -0.2) is 33.6 Å². The van der Waals surface area contributed by atoms with Gasteiger partial charge in [0.2, 0.25) is 0 Å². The number of aromatic nitrogens is 3. The van der Waals surface area contributed by atoms with E-state index < -0.39 is 0 Å². The summed E-state index contributed by atoms with van der Waals surface area (Å²) in [5, 5.41) is 8.86. The van der Waals surface area contributed by atoms with Crippen molar-refractivity contribution in [2.75, 3.05) is 12.9 Å². The molecule has 0 amide bonds. The quantitative estimate of drug-likeness (QED) is 0.521. The number of hydrogen-bond donors (Lipinski definition) is 0. The monoisotopic (exact) mass is 347 g/mol. The summed E-state index contributed by atoms with van der Waals surface area (Å²) in [6.45, 7) is 1.82. The highest BCUT2D eigenvalue weighted by Crippen LogP contribution is 2.30. The molecule has 0 fully saturated rings. The summed E-state index contributed by atoms with van der Waals surface area (Å²) in [4.78, 5) is 11.4. The first-order valence-corrected chi connectivity index (χ1v) is 8.04. The van der Waals surface area contributed by atoms with E-state index in [-0.39, 0.29) is 17.5 Å². The Morgan fingerprint density at radius 2 is 2.04 bits per heavy atom. The average Bonchev–Trinajstić information content (AvgIpc) is 3.19. The minimum Gasteiger partial charge on any atom is -0.469 e. The van der Waals surface area contributed by atoms with Crippen molar-refractivity contribution < 1.29 is 18.3 Å². The lowest BCUT2D eigenvalue weighted by Gasteiger charge is -2.09. The van der Waals surface area contributed by atoms with Crippen LogP contribution >= 0.6 is 11.8 Å². The molecule has 3 rings (SSSR count). The van der Waals surface area contributed by atoms with Gasteiger partial charge in [-0.15, -0.1) is 10.2 Å². The van der Waals surface area contributed by atoms with Crippen molar-refractivity contribution >= 4 is 17.7 Å². The average molecular weight is 347 g/mol. The molecule has 124 valence electrons. The zero-order chi connectivity index (χ0) is 17.1. The number of esters is 1. The molecule has 0 aliphatic carbocycles. The van der Waals surface area contributed by atoms with Crippen LogP contribution < -0.4 is 0 Å². The van der Waals surface area contributed by atoms with Gasteiger partial charge in [-0.1, -0.05) is 11.8 Å². The number of nitrogens with zero attached hydrogens (tertiary/aromatic N) is 3. The van der Waals surface area contributed by atoms with Crippen LogP contribution in [0.15, 0.2) is 46.2 Å². The number of methoxy groups -OCH3 is 1. The van der Waals surface area contributed by atoms with Gasteiger partial charge in [-0.3, -0.25) is 9.36 Å². The van der Waals surface area contributed by atoms with Gasteiger partial charge in [0.05, 0.1) is 24.7 Å². The predicted molar refractivity (Wildman–Crippen MR) is 86.5 cm³/mol. The van der Waals surface area contributed by atoms with Crippen molar-refractivity contribution in [2.45, 2.75) is 12.1 Å². The van der Waals surface area contributed by atoms with E-state index in [1.165, 1.54) is 31.0 Å². The van der Waals surface area contributed by atoms with E-state index in [9.17, 15) is 9.18 Å². The van der Waals surface area contributed by atoms with Crippen molar-refractivity contribution in [3.05, 3.63) is 48.2 Å². The fraction of sp³-hybridized carbons (Fsp3) is 0.188. The molecule has 0 saturated heterocycles. The molecule has 1 aromatic carbocycles. The maximum Gasteiger partial charge on any atom is 0.316 e. The second-order valence-corrected chi connectivity index (χ2v) is 5.82. The SMILES string of the molecule is COC(=O)CSc1nnc(-c2ccoc2C)n1-c1ccc(F)cc1. The number of rotatable bonds is 5. The number of carbonyl (C=O) groups is 1. The number of carbonyl (C=O) groups excluding carboxylic acids is 1. The van der Waals surface area contributed by atoms with Crippen LogP contribution in [0.1, 0.15) is 5.76 Å². The topological polar surface area (TPSA) is 70.2 Å². The molecule has 0 saturated carbocycles. The molecule has 0 N–H and O–H groups in total. The summed E-state index contributed by atoms with van der Waals surface area (Å²) in [6, 6.07) is 7.75. The summed E-state index contributed by atoms with van der Waals surface area (Å²) >= 11 is 1.19. The minimum atomic E-state index is -0.366. The maximum absolute atomic E-state index is 13.2. The van der Waals surface area contributed by atoms with E-state index >= 15 is 0 Å². The van der Waals surface area contributed by atoms with Crippen molar-refractivity contribution in [2.24, 2.45) is 0 Å². The van der Waals surface area contributed by atoms with Gasteiger partial charge in [-0.05, 0) is 37.3 Å². The first-order chi connectivity index (χ1) is 11.6. The zero-order valence-corrected chi connectivity index (χ0v) is 13.8. The first-order valence-electron chi connectivity index (χ1n) is 7.05. The Bertz CT molecular complexity index is 858. The number of hydrogen-bond acceptors (Lipinski definition) is 6. The van der Waals surface area contributed by atoms with E-state index in [0.717, 1.165) is 5.56 Å². The summed E-state index contributed by atoms with van der Waals surface area (Å²) < 4.78 is 25.0. The van der Waals surface area contributed by atoms with Gasteiger partial charge in [0.15, 0.2) is 11.0 Å². The van der Waals surface area contributed by atoms with Crippen molar-refractivity contribution in [3.63, 3.8) is 0 Å². The normalized spacial score (nSPS) is 10.8. The van der Waals surface area contributed by atoms with Crippen LogP contribution in [0.5, 0.6) is 0 Å². The molecule has 0 aliphatic rings. The number of aryl methyl sites for hydroxylation is 1. The molecule has 0 radical (unpaired) electrons. The third kappa shape index (κ3) is 3.18. The Hall–Kier alpha value is -2.61. The Morgan fingerprint density at radius 1 is 1.29 bits per heavy atom. The van der Waals surface area contributed by atoms with Crippen LogP contribution in [0.2, 0.25) is 0 Å². The zero-order valence-electron chi connectivity index (χ0n) is 13.0.